The van der Waals surface area contributed by atoms with E-state index in [-0.39, 0.29) is 5.69 Å². The van der Waals surface area contributed by atoms with E-state index >= 15 is 0 Å². The van der Waals surface area contributed by atoms with Crippen LogP contribution in [0.1, 0.15) is 5.69 Å². The number of nitrogens with one attached hydrogen (secondary N) is 2. The van der Waals surface area contributed by atoms with Crippen LogP contribution in [0.15, 0.2) is 30.5 Å². The van der Waals surface area contributed by atoms with Crippen LogP contribution in [0.5, 0.6) is 0 Å². The van der Waals surface area contributed by atoms with Crippen LogP contribution in [0.2, 0.25) is 5.02 Å². The Bertz CT molecular complexity index is 588. The van der Waals surface area contributed by atoms with Crippen LogP contribution in [0, 0.1) is 11.3 Å². The van der Waals surface area contributed by atoms with Gasteiger partial charge in [-0.25, -0.2) is 9.97 Å². The van der Waals surface area contributed by atoms with Crippen LogP contribution in [0.4, 0.5) is 17.3 Å². The van der Waals surface area contributed by atoms with Gasteiger partial charge in [-0.15, -0.1) is 0 Å². The van der Waals surface area contributed by atoms with Crippen LogP contribution >= 0.6 is 11.6 Å². The Morgan fingerprint density at radius 2 is 2.00 bits per heavy atom. The number of rotatable bonds is 3. The SMILES string of the molecule is CNc1ccc(Nc2ccc(Cl)c(C#N)n2)cn1. The minimum atomic E-state index is 0.196. The van der Waals surface area contributed by atoms with Crippen molar-refractivity contribution in [1.29, 1.82) is 5.26 Å². The zero-order valence-corrected chi connectivity index (χ0v) is 10.4. The molecule has 2 rings (SSSR count). The molecule has 0 amide bonds. The van der Waals surface area contributed by atoms with Gasteiger partial charge in [0.2, 0.25) is 0 Å². The molecule has 2 aromatic heterocycles. The molecule has 0 aliphatic carbocycles. The average Bonchev–Trinajstić information content (AvgIpc) is 2.42. The first-order valence-corrected chi connectivity index (χ1v) is 5.58. The summed E-state index contributed by atoms with van der Waals surface area (Å²) < 4.78 is 0. The third-order valence-corrected chi connectivity index (χ3v) is 2.55. The van der Waals surface area contributed by atoms with E-state index < -0.39 is 0 Å². The van der Waals surface area contributed by atoms with Crippen LogP contribution < -0.4 is 10.6 Å². The first-order chi connectivity index (χ1) is 8.72. The van der Waals surface area contributed by atoms with E-state index in [1.165, 1.54) is 0 Å². The topological polar surface area (TPSA) is 73.6 Å². The first kappa shape index (κ1) is 12.1. The molecular weight excluding hydrogens is 250 g/mol. The molecule has 0 saturated carbocycles. The number of pyridine rings is 2. The van der Waals surface area contributed by atoms with E-state index in [9.17, 15) is 0 Å². The van der Waals surface area contributed by atoms with Gasteiger partial charge in [-0.2, -0.15) is 5.26 Å². The van der Waals surface area contributed by atoms with E-state index in [0.29, 0.717) is 10.8 Å². The lowest BCUT2D eigenvalue weighted by atomic mass is 10.3. The molecule has 2 heterocycles. The molecule has 6 heteroatoms. The van der Waals surface area contributed by atoms with Crippen molar-refractivity contribution >= 4 is 28.9 Å². The van der Waals surface area contributed by atoms with E-state index in [1.807, 2.05) is 18.2 Å². The van der Waals surface area contributed by atoms with Crippen LogP contribution in [-0.4, -0.2) is 17.0 Å². The van der Waals surface area contributed by atoms with Crippen molar-refractivity contribution in [2.45, 2.75) is 0 Å². The Morgan fingerprint density at radius 1 is 1.22 bits per heavy atom. The normalized spacial score (nSPS) is 9.61. The molecule has 0 saturated heterocycles. The number of nitrogens with zero attached hydrogens (tertiary/aromatic N) is 3. The Balaban J connectivity index is 2.20. The van der Waals surface area contributed by atoms with E-state index in [1.54, 1.807) is 25.4 Å². The second-order valence-electron chi connectivity index (χ2n) is 3.45. The summed E-state index contributed by atoms with van der Waals surface area (Å²) >= 11 is 5.81. The van der Waals surface area contributed by atoms with Gasteiger partial charge in [-0.3, -0.25) is 0 Å². The molecule has 0 radical (unpaired) electrons. The smallest absolute Gasteiger partial charge is 0.161 e. The Kier molecular flexibility index (Phi) is 3.60. The molecule has 0 unspecified atom stereocenters. The fourth-order valence-electron chi connectivity index (χ4n) is 1.35. The molecule has 2 aromatic rings. The summed E-state index contributed by atoms with van der Waals surface area (Å²) in [4.78, 5) is 8.24. The number of nitriles is 1. The minimum absolute atomic E-state index is 0.196. The highest BCUT2D eigenvalue weighted by molar-refractivity contribution is 6.31. The monoisotopic (exact) mass is 259 g/mol. The molecule has 0 bridgehead atoms. The van der Waals surface area contributed by atoms with E-state index in [2.05, 4.69) is 20.6 Å². The molecule has 2 N–H and O–H groups in total. The third kappa shape index (κ3) is 2.67. The summed E-state index contributed by atoms with van der Waals surface area (Å²) in [5.74, 6) is 1.33. The quantitative estimate of drug-likeness (QED) is 0.887. The van der Waals surface area contributed by atoms with Gasteiger partial charge in [0.1, 0.15) is 17.7 Å². The molecule has 90 valence electrons. The van der Waals surface area contributed by atoms with Crippen LogP contribution in [0.3, 0.4) is 0 Å². The number of anilines is 3. The Labute approximate surface area is 109 Å². The molecule has 0 aromatic carbocycles. The zero-order chi connectivity index (χ0) is 13.0. The van der Waals surface area contributed by atoms with Gasteiger partial charge in [0, 0.05) is 7.05 Å². The maximum absolute atomic E-state index is 8.83. The molecule has 18 heavy (non-hydrogen) atoms. The zero-order valence-electron chi connectivity index (χ0n) is 9.61. The molecule has 0 atom stereocenters. The van der Waals surface area contributed by atoms with Crippen molar-refractivity contribution in [3.8, 4) is 6.07 Å². The highest BCUT2D eigenvalue weighted by Crippen LogP contribution is 2.19. The average molecular weight is 260 g/mol. The molecule has 0 fully saturated rings. The largest absolute Gasteiger partial charge is 0.373 e. The highest BCUT2D eigenvalue weighted by atomic mass is 35.5. The second-order valence-corrected chi connectivity index (χ2v) is 3.85. The Hall–Kier alpha value is -2.32. The maximum atomic E-state index is 8.83. The fourth-order valence-corrected chi connectivity index (χ4v) is 1.50. The fraction of sp³-hybridized carbons (Fsp3) is 0.0833. The second kappa shape index (κ2) is 5.34. The molecule has 0 aliphatic heterocycles. The predicted molar refractivity (Wildman–Crippen MR) is 71.0 cm³/mol. The lowest BCUT2D eigenvalue weighted by molar-refractivity contribution is 1.24. The van der Waals surface area contributed by atoms with Crippen molar-refractivity contribution in [3.63, 3.8) is 0 Å². The summed E-state index contributed by atoms with van der Waals surface area (Å²) in [6.45, 7) is 0. The number of aromatic nitrogens is 2. The van der Waals surface area contributed by atoms with Crippen molar-refractivity contribution in [1.82, 2.24) is 9.97 Å². The highest BCUT2D eigenvalue weighted by Gasteiger charge is 2.03. The standard InChI is InChI=1S/C12H10ClN5/c1-15-11-4-2-8(7-16-11)17-12-5-3-9(13)10(6-14)18-12/h2-5,7H,1H3,(H,15,16)(H,17,18). The predicted octanol–water partition coefficient (Wildman–Crippen LogP) is 2.79. The minimum Gasteiger partial charge on any atom is -0.373 e. The van der Waals surface area contributed by atoms with Crippen LogP contribution in [-0.2, 0) is 0 Å². The van der Waals surface area contributed by atoms with Gasteiger partial charge < -0.3 is 10.6 Å². The van der Waals surface area contributed by atoms with Gasteiger partial charge in [-0.1, -0.05) is 11.6 Å². The molecule has 5 nitrogen and oxygen atoms in total. The Morgan fingerprint density at radius 3 is 2.61 bits per heavy atom. The lowest BCUT2D eigenvalue weighted by Crippen LogP contribution is -1.97. The van der Waals surface area contributed by atoms with Gasteiger partial charge in [0.25, 0.3) is 0 Å². The number of hydrogen-bond acceptors (Lipinski definition) is 5. The number of hydrogen-bond donors (Lipinski definition) is 2. The van der Waals surface area contributed by atoms with Crippen molar-refractivity contribution in [2.75, 3.05) is 17.7 Å². The maximum Gasteiger partial charge on any atom is 0.161 e. The molecule has 0 spiro atoms. The summed E-state index contributed by atoms with van der Waals surface area (Å²) in [5.41, 5.74) is 0.981. The summed E-state index contributed by atoms with van der Waals surface area (Å²) in [5, 5.41) is 15.1. The van der Waals surface area contributed by atoms with E-state index in [4.69, 9.17) is 16.9 Å². The van der Waals surface area contributed by atoms with Crippen molar-refractivity contribution in [2.24, 2.45) is 0 Å². The van der Waals surface area contributed by atoms with E-state index in [0.717, 1.165) is 11.5 Å². The van der Waals surface area contributed by atoms with Gasteiger partial charge in [0.15, 0.2) is 5.69 Å². The van der Waals surface area contributed by atoms with Gasteiger partial charge >= 0.3 is 0 Å². The van der Waals surface area contributed by atoms with Crippen LogP contribution in [0.25, 0.3) is 0 Å². The van der Waals surface area contributed by atoms with Gasteiger partial charge in [0.05, 0.1) is 16.9 Å². The molecule has 0 aliphatic rings. The van der Waals surface area contributed by atoms with Gasteiger partial charge in [-0.05, 0) is 24.3 Å². The lowest BCUT2D eigenvalue weighted by Gasteiger charge is -2.06. The number of halogens is 1. The third-order valence-electron chi connectivity index (χ3n) is 2.24. The summed E-state index contributed by atoms with van der Waals surface area (Å²) in [7, 11) is 1.80. The summed E-state index contributed by atoms with van der Waals surface area (Å²) in [6.07, 6.45) is 1.67. The van der Waals surface area contributed by atoms with Crippen molar-refractivity contribution < 1.29 is 0 Å². The summed E-state index contributed by atoms with van der Waals surface area (Å²) in [6, 6.07) is 8.96. The van der Waals surface area contributed by atoms with Crippen molar-refractivity contribution in [3.05, 3.63) is 41.2 Å². The first-order valence-electron chi connectivity index (χ1n) is 5.20. The molecular formula is C12H10ClN5.